The average molecular weight is 323 g/mol. The molecule has 0 aromatic heterocycles. The molecule has 0 aliphatic rings. The number of nitrogens with zero attached hydrogens (tertiary/aromatic N) is 2. The Morgan fingerprint density at radius 3 is 2.23 bits per heavy atom. The van der Waals surface area contributed by atoms with Gasteiger partial charge in [0, 0.05) is 16.8 Å². The van der Waals surface area contributed by atoms with Crippen LogP contribution in [0.5, 0.6) is 5.75 Å². The van der Waals surface area contributed by atoms with Gasteiger partial charge in [0.25, 0.3) is 10.1 Å². The van der Waals surface area contributed by atoms with Gasteiger partial charge in [0.2, 0.25) is 5.96 Å². The molecule has 10 heteroatoms. The molecule has 0 spiro atoms. The summed E-state index contributed by atoms with van der Waals surface area (Å²) in [6, 6.07) is 7.00. The van der Waals surface area contributed by atoms with Gasteiger partial charge in [-0.25, -0.2) is 4.99 Å². The smallest absolute Gasteiger partial charge is 0.295 e. The number of phenolic OH excluding ortho intramolecular Hbond substituents is 1. The topological polar surface area (TPSA) is 177 Å². The molecule has 9 nitrogen and oxygen atoms in total. The van der Waals surface area contributed by atoms with Crippen molar-refractivity contribution < 1.29 is 18.1 Å². The molecule has 0 unspecified atom stereocenters. The molecule has 8 N–H and O–H groups in total. The molecule has 0 amide bonds. The second-order valence-electron chi connectivity index (χ2n) is 4.27. The van der Waals surface area contributed by atoms with Crippen LogP contribution in [0.15, 0.2) is 45.2 Å². The van der Waals surface area contributed by atoms with E-state index in [1.165, 1.54) is 12.1 Å². The maximum Gasteiger partial charge on any atom is 0.295 e. The normalized spacial score (nSPS) is 12.3. The van der Waals surface area contributed by atoms with E-state index in [1.807, 2.05) is 0 Å². The van der Waals surface area contributed by atoms with Crippen LogP contribution in [0, 0.1) is 0 Å². The number of guanidine groups is 2. The van der Waals surface area contributed by atoms with E-state index in [0.717, 1.165) is 6.07 Å². The second kappa shape index (κ2) is 5.50. The van der Waals surface area contributed by atoms with Crippen LogP contribution >= 0.6 is 0 Å². The molecule has 22 heavy (non-hydrogen) atoms. The summed E-state index contributed by atoms with van der Waals surface area (Å²) in [6.45, 7) is 0. The molecule has 0 radical (unpaired) electrons. The van der Waals surface area contributed by atoms with E-state index < -0.39 is 20.8 Å². The van der Waals surface area contributed by atoms with Crippen molar-refractivity contribution in [3.63, 3.8) is 0 Å². The van der Waals surface area contributed by atoms with Crippen LogP contribution in [-0.2, 0) is 10.1 Å². The number of aromatic hydroxyl groups is 1. The lowest BCUT2D eigenvalue weighted by Crippen LogP contribution is -2.26. The molecular weight excluding hydrogens is 310 g/mol. The molecular formula is C12H13N5O4S. The first-order valence-corrected chi connectivity index (χ1v) is 7.30. The fraction of sp³-hybridized carbons (Fsp3) is 0. The molecule has 0 saturated heterocycles. The maximum atomic E-state index is 11.4. The zero-order valence-electron chi connectivity index (χ0n) is 11.1. The zero-order chi connectivity index (χ0) is 16.5. The van der Waals surface area contributed by atoms with E-state index in [0.29, 0.717) is 0 Å². The first-order chi connectivity index (χ1) is 10.2. The predicted molar refractivity (Wildman–Crippen MR) is 82.5 cm³/mol. The fourth-order valence-corrected chi connectivity index (χ4v) is 2.63. The summed E-state index contributed by atoms with van der Waals surface area (Å²) in [4.78, 5) is 6.94. The number of phenols is 1. The van der Waals surface area contributed by atoms with Crippen LogP contribution in [-0.4, -0.2) is 30.0 Å². The van der Waals surface area contributed by atoms with Gasteiger partial charge in [-0.1, -0.05) is 24.3 Å². The highest BCUT2D eigenvalue weighted by molar-refractivity contribution is 7.86. The molecule has 0 heterocycles. The molecule has 0 saturated carbocycles. The third-order valence-electron chi connectivity index (χ3n) is 2.71. The first-order valence-electron chi connectivity index (χ1n) is 5.86. The Balaban J connectivity index is 2.84. The Hall–Kier alpha value is -2.85. The molecule has 2 aromatic rings. The number of hydrogen-bond donors (Lipinski definition) is 5. The highest BCUT2D eigenvalue weighted by Crippen LogP contribution is 2.39. The van der Waals surface area contributed by atoms with Gasteiger partial charge in [-0.15, -0.1) is 0 Å². The Kier molecular flexibility index (Phi) is 3.89. The fourth-order valence-electron chi connectivity index (χ4n) is 1.92. The van der Waals surface area contributed by atoms with Crippen molar-refractivity contribution in [2.75, 3.05) is 0 Å². The predicted octanol–water partition coefficient (Wildman–Crippen LogP) is 0.0117. The Bertz CT molecular complexity index is 901. The summed E-state index contributed by atoms with van der Waals surface area (Å²) in [5.41, 5.74) is 15.8. The van der Waals surface area contributed by atoms with Crippen LogP contribution in [0.1, 0.15) is 0 Å². The van der Waals surface area contributed by atoms with Crippen LogP contribution < -0.4 is 17.2 Å². The third kappa shape index (κ3) is 3.07. The summed E-state index contributed by atoms with van der Waals surface area (Å²) in [5, 5.41) is 10.4. The number of nitrogens with two attached hydrogens (primary N) is 3. The van der Waals surface area contributed by atoms with E-state index in [4.69, 9.17) is 17.2 Å². The van der Waals surface area contributed by atoms with Crippen molar-refractivity contribution in [2.24, 2.45) is 27.2 Å². The van der Waals surface area contributed by atoms with Crippen molar-refractivity contribution in [1.29, 1.82) is 0 Å². The van der Waals surface area contributed by atoms with Crippen LogP contribution in [0.3, 0.4) is 0 Å². The molecule has 2 aromatic carbocycles. The molecule has 2 rings (SSSR count). The SMILES string of the molecule is NC(N)=NC(N)=Nc1c(O)cc(S(=O)(=O)O)c2ccccc12. The zero-order valence-corrected chi connectivity index (χ0v) is 11.9. The summed E-state index contributed by atoms with van der Waals surface area (Å²) < 4.78 is 32.1. The van der Waals surface area contributed by atoms with E-state index in [2.05, 4.69) is 9.98 Å². The monoisotopic (exact) mass is 323 g/mol. The lowest BCUT2D eigenvalue weighted by Gasteiger charge is -2.09. The minimum Gasteiger partial charge on any atom is -0.506 e. The van der Waals surface area contributed by atoms with Gasteiger partial charge in [0.15, 0.2) is 5.96 Å². The summed E-state index contributed by atoms with van der Waals surface area (Å²) in [7, 11) is -4.52. The molecule has 116 valence electrons. The van der Waals surface area contributed by atoms with Gasteiger partial charge in [0.1, 0.15) is 16.3 Å². The minimum absolute atomic E-state index is 0.0227. The summed E-state index contributed by atoms with van der Waals surface area (Å²) in [5.74, 6) is -1.14. The molecule has 0 aliphatic carbocycles. The minimum atomic E-state index is -4.52. The Morgan fingerprint density at radius 1 is 1.09 bits per heavy atom. The lowest BCUT2D eigenvalue weighted by molar-refractivity contribution is 0.469. The Morgan fingerprint density at radius 2 is 1.68 bits per heavy atom. The molecule has 0 aliphatic heterocycles. The number of benzene rings is 2. The van der Waals surface area contributed by atoms with Crippen molar-refractivity contribution in [3.05, 3.63) is 30.3 Å². The van der Waals surface area contributed by atoms with Gasteiger partial charge >= 0.3 is 0 Å². The number of aliphatic imine (C=N–C) groups is 2. The molecule has 0 fully saturated rings. The van der Waals surface area contributed by atoms with Crippen LogP contribution in [0.2, 0.25) is 0 Å². The Labute approximate surface area is 125 Å². The van der Waals surface area contributed by atoms with E-state index >= 15 is 0 Å². The van der Waals surface area contributed by atoms with Gasteiger partial charge in [0.05, 0.1) is 0 Å². The quantitative estimate of drug-likeness (QED) is 0.293. The van der Waals surface area contributed by atoms with Crippen molar-refractivity contribution in [1.82, 2.24) is 0 Å². The van der Waals surface area contributed by atoms with Gasteiger partial charge < -0.3 is 22.3 Å². The number of hydrogen-bond acceptors (Lipinski definition) is 4. The van der Waals surface area contributed by atoms with Gasteiger partial charge in [-0.3, -0.25) is 4.55 Å². The first kappa shape index (κ1) is 15.5. The van der Waals surface area contributed by atoms with Gasteiger partial charge in [-0.05, 0) is 0 Å². The highest BCUT2D eigenvalue weighted by atomic mass is 32.2. The second-order valence-corrected chi connectivity index (χ2v) is 5.66. The molecule has 0 atom stereocenters. The summed E-state index contributed by atoms with van der Waals surface area (Å²) in [6.07, 6.45) is 0. The van der Waals surface area contributed by atoms with E-state index in [1.54, 1.807) is 12.1 Å². The van der Waals surface area contributed by atoms with E-state index in [-0.39, 0.29) is 28.4 Å². The van der Waals surface area contributed by atoms with Crippen LogP contribution in [0.4, 0.5) is 5.69 Å². The third-order valence-corrected chi connectivity index (χ3v) is 3.60. The average Bonchev–Trinajstić information content (AvgIpc) is 2.39. The van der Waals surface area contributed by atoms with Crippen molar-refractivity contribution in [2.45, 2.75) is 4.90 Å². The molecule has 0 bridgehead atoms. The summed E-state index contributed by atoms with van der Waals surface area (Å²) >= 11 is 0. The largest absolute Gasteiger partial charge is 0.506 e. The van der Waals surface area contributed by atoms with Crippen molar-refractivity contribution >= 4 is 38.5 Å². The maximum absolute atomic E-state index is 11.4. The van der Waals surface area contributed by atoms with Crippen molar-refractivity contribution in [3.8, 4) is 5.75 Å². The van der Waals surface area contributed by atoms with Crippen LogP contribution in [0.25, 0.3) is 10.8 Å². The van der Waals surface area contributed by atoms with Gasteiger partial charge in [-0.2, -0.15) is 13.4 Å². The van der Waals surface area contributed by atoms with E-state index in [9.17, 15) is 18.1 Å². The number of rotatable bonds is 2. The standard InChI is InChI=1S/C12H13N5O4S/c13-11(14)17-12(15)16-10-7-4-2-1-3-6(7)9(5-8(10)18)22(19,20)21/h1-5,18H,(H,19,20,21)(H6,13,14,15,16,17). The number of fused-ring (bicyclic) bond motifs is 1. The highest BCUT2D eigenvalue weighted by Gasteiger charge is 2.19. The lowest BCUT2D eigenvalue weighted by atomic mass is 10.1.